The largest absolute Gasteiger partial charge is 0.399 e. The molecular formula is C21H29N. The van der Waals surface area contributed by atoms with Gasteiger partial charge in [0.15, 0.2) is 0 Å². The van der Waals surface area contributed by atoms with E-state index >= 15 is 0 Å². The molecule has 1 atom stereocenters. The van der Waals surface area contributed by atoms with Crippen LogP contribution in [0.1, 0.15) is 68.6 Å². The van der Waals surface area contributed by atoms with Crippen molar-refractivity contribution in [3.8, 4) is 0 Å². The van der Waals surface area contributed by atoms with E-state index in [2.05, 4.69) is 50.2 Å². The van der Waals surface area contributed by atoms with Crippen molar-refractivity contribution in [3.05, 3.63) is 65.2 Å². The van der Waals surface area contributed by atoms with Crippen LogP contribution < -0.4 is 5.73 Å². The number of nitrogens with two attached hydrogens (primary N) is 1. The molecule has 0 aliphatic rings. The summed E-state index contributed by atoms with van der Waals surface area (Å²) in [5.41, 5.74) is 10.9. The van der Waals surface area contributed by atoms with Gasteiger partial charge in [0.1, 0.15) is 0 Å². The third kappa shape index (κ3) is 4.62. The molecule has 1 heteroatoms. The minimum atomic E-state index is 0.482. The number of anilines is 1. The zero-order valence-corrected chi connectivity index (χ0v) is 14.0. The second-order valence-electron chi connectivity index (χ2n) is 6.21. The van der Waals surface area contributed by atoms with E-state index in [-0.39, 0.29) is 0 Å². The van der Waals surface area contributed by atoms with E-state index in [1.165, 1.54) is 55.2 Å². The summed E-state index contributed by atoms with van der Waals surface area (Å²) in [6, 6.07) is 17.6. The summed E-state index contributed by atoms with van der Waals surface area (Å²) in [5.74, 6) is 0.482. The molecule has 118 valence electrons. The van der Waals surface area contributed by atoms with Gasteiger partial charge in [-0.3, -0.25) is 0 Å². The first-order valence-electron chi connectivity index (χ1n) is 8.68. The molecule has 0 amide bonds. The Morgan fingerprint density at radius 2 is 1.36 bits per heavy atom. The van der Waals surface area contributed by atoms with Crippen LogP contribution in [0.15, 0.2) is 48.5 Å². The van der Waals surface area contributed by atoms with Gasteiger partial charge in [0.2, 0.25) is 0 Å². The van der Waals surface area contributed by atoms with Crippen LogP contribution in [-0.4, -0.2) is 0 Å². The number of rotatable bonds is 8. The normalized spacial score (nSPS) is 12.3. The van der Waals surface area contributed by atoms with E-state index in [9.17, 15) is 0 Å². The summed E-state index contributed by atoms with van der Waals surface area (Å²) in [4.78, 5) is 0. The van der Waals surface area contributed by atoms with Crippen LogP contribution >= 0.6 is 0 Å². The molecule has 0 spiro atoms. The van der Waals surface area contributed by atoms with Gasteiger partial charge in [0, 0.05) is 11.6 Å². The van der Waals surface area contributed by atoms with Crippen molar-refractivity contribution in [2.75, 3.05) is 5.73 Å². The first-order valence-corrected chi connectivity index (χ1v) is 8.68. The Morgan fingerprint density at radius 3 is 1.91 bits per heavy atom. The maximum Gasteiger partial charge on any atom is 0.0314 e. The lowest BCUT2D eigenvalue weighted by Crippen LogP contribution is -2.01. The monoisotopic (exact) mass is 295 g/mol. The number of aryl methyl sites for hydroxylation is 1. The van der Waals surface area contributed by atoms with Crippen molar-refractivity contribution in [1.29, 1.82) is 0 Å². The van der Waals surface area contributed by atoms with Gasteiger partial charge in [-0.1, -0.05) is 69.5 Å². The van der Waals surface area contributed by atoms with Crippen molar-refractivity contribution >= 4 is 5.69 Å². The van der Waals surface area contributed by atoms with Crippen molar-refractivity contribution in [2.45, 2.75) is 58.3 Å². The lowest BCUT2D eigenvalue weighted by molar-refractivity contribution is 0.696. The van der Waals surface area contributed by atoms with E-state index in [0.717, 1.165) is 5.69 Å². The molecule has 0 saturated carbocycles. The van der Waals surface area contributed by atoms with E-state index in [1.54, 1.807) is 0 Å². The lowest BCUT2D eigenvalue weighted by Gasteiger charge is -2.18. The van der Waals surface area contributed by atoms with Crippen LogP contribution in [-0.2, 0) is 6.42 Å². The van der Waals surface area contributed by atoms with Crippen LogP contribution in [0.2, 0.25) is 0 Å². The second-order valence-corrected chi connectivity index (χ2v) is 6.21. The highest BCUT2D eigenvalue weighted by Crippen LogP contribution is 2.30. The molecule has 0 heterocycles. The topological polar surface area (TPSA) is 26.0 Å². The molecule has 2 N–H and O–H groups in total. The summed E-state index contributed by atoms with van der Waals surface area (Å²) in [6.07, 6.45) is 7.48. The van der Waals surface area contributed by atoms with Crippen LogP contribution in [0.25, 0.3) is 0 Å². The van der Waals surface area contributed by atoms with Crippen molar-refractivity contribution in [1.82, 2.24) is 0 Å². The molecule has 0 aliphatic carbocycles. The van der Waals surface area contributed by atoms with Gasteiger partial charge in [-0.15, -0.1) is 0 Å². The van der Waals surface area contributed by atoms with Crippen LogP contribution in [0.5, 0.6) is 0 Å². The molecule has 2 aromatic carbocycles. The number of benzene rings is 2. The number of hydrogen-bond acceptors (Lipinski definition) is 1. The second kappa shape index (κ2) is 8.63. The minimum Gasteiger partial charge on any atom is -0.399 e. The molecule has 0 fully saturated rings. The Hall–Kier alpha value is -1.76. The Balaban J connectivity index is 2.12. The molecule has 0 aliphatic heterocycles. The summed E-state index contributed by atoms with van der Waals surface area (Å²) in [5, 5.41) is 0. The van der Waals surface area contributed by atoms with Crippen molar-refractivity contribution in [3.63, 3.8) is 0 Å². The highest BCUT2D eigenvalue weighted by Gasteiger charge is 2.13. The maximum absolute atomic E-state index is 5.82. The Kier molecular flexibility index (Phi) is 6.51. The molecule has 2 aromatic rings. The zero-order chi connectivity index (χ0) is 15.8. The number of unbranched alkanes of at least 4 members (excludes halogenated alkanes) is 2. The smallest absolute Gasteiger partial charge is 0.0314 e. The van der Waals surface area contributed by atoms with Crippen LogP contribution in [0.3, 0.4) is 0 Å². The predicted octanol–water partition coefficient (Wildman–Crippen LogP) is 5.93. The van der Waals surface area contributed by atoms with Crippen molar-refractivity contribution < 1.29 is 0 Å². The fraction of sp³-hybridized carbons (Fsp3) is 0.429. The number of hydrogen-bond donors (Lipinski definition) is 1. The fourth-order valence-corrected chi connectivity index (χ4v) is 3.04. The molecule has 1 nitrogen and oxygen atoms in total. The third-order valence-corrected chi connectivity index (χ3v) is 4.37. The SMILES string of the molecule is CCCCCc1ccc(C(CCC)c2ccc(N)cc2)cc1. The van der Waals surface area contributed by atoms with Crippen molar-refractivity contribution in [2.24, 2.45) is 0 Å². The summed E-state index contributed by atoms with van der Waals surface area (Å²) in [7, 11) is 0. The van der Waals surface area contributed by atoms with Gasteiger partial charge in [-0.2, -0.15) is 0 Å². The van der Waals surface area contributed by atoms with E-state index < -0.39 is 0 Å². The summed E-state index contributed by atoms with van der Waals surface area (Å²) >= 11 is 0. The molecule has 0 saturated heterocycles. The number of nitrogen functional groups attached to an aromatic ring is 1. The molecular weight excluding hydrogens is 266 g/mol. The van der Waals surface area contributed by atoms with E-state index in [4.69, 9.17) is 5.73 Å². The Morgan fingerprint density at radius 1 is 0.773 bits per heavy atom. The minimum absolute atomic E-state index is 0.482. The van der Waals surface area contributed by atoms with Gasteiger partial charge in [-0.05, 0) is 48.1 Å². The summed E-state index contributed by atoms with van der Waals surface area (Å²) in [6.45, 7) is 4.51. The molecule has 2 rings (SSSR count). The van der Waals surface area contributed by atoms with Gasteiger partial charge in [-0.25, -0.2) is 0 Å². The predicted molar refractivity (Wildman–Crippen MR) is 97.3 cm³/mol. The summed E-state index contributed by atoms with van der Waals surface area (Å²) < 4.78 is 0. The quantitative estimate of drug-likeness (QED) is 0.474. The van der Waals surface area contributed by atoms with Crippen LogP contribution in [0, 0.1) is 0 Å². The average Bonchev–Trinajstić information content (AvgIpc) is 2.55. The molecule has 0 bridgehead atoms. The van der Waals surface area contributed by atoms with E-state index in [0.29, 0.717) is 5.92 Å². The van der Waals surface area contributed by atoms with E-state index in [1.807, 2.05) is 12.1 Å². The highest BCUT2D eigenvalue weighted by molar-refractivity contribution is 5.43. The Labute approximate surface area is 135 Å². The third-order valence-electron chi connectivity index (χ3n) is 4.37. The van der Waals surface area contributed by atoms with Gasteiger partial charge in [0.05, 0.1) is 0 Å². The zero-order valence-electron chi connectivity index (χ0n) is 14.0. The fourth-order valence-electron chi connectivity index (χ4n) is 3.04. The Bertz CT molecular complexity index is 539. The highest BCUT2D eigenvalue weighted by atomic mass is 14.5. The van der Waals surface area contributed by atoms with Gasteiger partial charge in [0.25, 0.3) is 0 Å². The first kappa shape index (κ1) is 16.6. The maximum atomic E-state index is 5.82. The first-order chi connectivity index (χ1) is 10.7. The standard InChI is InChI=1S/C21H29N/c1-3-5-6-8-17-9-11-18(12-10-17)21(7-4-2)19-13-15-20(22)16-14-19/h9-16,21H,3-8,22H2,1-2H3. The molecule has 0 radical (unpaired) electrons. The molecule has 22 heavy (non-hydrogen) atoms. The van der Waals surface area contributed by atoms with Gasteiger partial charge >= 0.3 is 0 Å². The lowest BCUT2D eigenvalue weighted by atomic mass is 9.87. The molecule has 1 unspecified atom stereocenters. The average molecular weight is 295 g/mol. The van der Waals surface area contributed by atoms with Gasteiger partial charge < -0.3 is 5.73 Å². The van der Waals surface area contributed by atoms with Crippen LogP contribution in [0.4, 0.5) is 5.69 Å². The molecule has 0 aromatic heterocycles.